The van der Waals surface area contributed by atoms with Gasteiger partial charge >= 0.3 is 0 Å². The van der Waals surface area contributed by atoms with Crippen molar-refractivity contribution in [3.8, 4) is 6.07 Å². The van der Waals surface area contributed by atoms with Crippen LogP contribution in [0.3, 0.4) is 0 Å². The van der Waals surface area contributed by atoms with Crippen molar-refractivity contribution in [2.24, 2.45) is 0 Å². The van der Waals surface area contributed by atoms with Crippen molar-refractivity contribution < 1.29 is 4.79 Å². The van der Waals surface area contributed by atoms with E-state index in [1.807, 2.05) is 37.9 Å². The standard InChI is InChI=1S/C12H14N2O/c1-12(2,9-15)14(3)11-6-4-5-10(7-11)8-13/h4-7,9H,1-3H3. The van der Waals surface area contributed by atoms with E-state index < -0.39 is 5.54 Å². The number of nitriles is 1. The predicted octanol–water partition coefficient (Wildman–Crippen LogP) is 1.97. The van der Waals surface area contributed by atoms with Crippen molar-refractivity contribution in [1.82, 2.24) is 0 Å². The van der Waals surface area contributed by atoms with Crippen LogP contribution in [0.5, 0.6) is 0 Å². The Morgan fingerprint density at radius 2 is 2.13 bits per heavy atom. The highest BCUT2D eigenvalue weighted by Gasteiger charge is 2.22. The summed E-state index contributed by atoms with van der Waals surface area (Å²) in [6, 6.07) is 9.28. The van der Waals surface area contributed by atoms with Crippen molar-refractivity contribution in [1.29, 1.82) is 5.26 Å². The Labute approximate surface area is 89.9 Å². The molecule has 15 heavy (non-hydrogen) atoms. The summed E-state index contributed by atoms with van der Waals surface area (Å²) in [5.41, 5.74) is 0.904. The predicted molar refractivity (Wildman–Crippen MR) is 59.7 cm³/mol. The second kappa shape index (κ2) is 4.14. The Kier molecular flexibility index (Phi) is 3.11. The summed E-state index contributed by atoms with van der Waals surface area (Å²) in [5.74, 6) is 0. The van der Waals surface area contributed by atoms with E-state index in [2.05, 4.69) is 6.07 Å². The van der Waals surface area contributed by atoms with Gasteiger partial charge in [-0.05, 0) is 32.0 Å². The lowest BCUT2D eigenvalue weighted by molar-refractivity contribution is -0.111. The Hall–Kier alpha value is -1.82. The first-order valence-electron chi connectivity index (χ1n) is 4.71. The summed E-state index contributed by atoms with van der Waals surface area (Å²) in [6.45, 7) is 3.66. The SMILES string of the molecule is CN(c1cccc(C#N)c1)C(C)(C)C=O. The molecule has 0 radical (unpaired) electrons. The minimum absolute atomic E-state index is 0.561. The number of hydrogen-bond donors (Lipinski definition) is 0. The molecule has 3 nitrogen and oxygen atoms in total. The van der Waals surface area contributed by atoms with Crippen LogP contribution in [0.15, 0.2) is 24.3 Å². The van der Waals surface area contributed by atoms with Crippen LogP contribution in [0, 0.1) is 11.3 Å². The maximum absolute atomic E-state index is 10.9. The topological polar surface area (TPSA) is 44.1 Å². The molecule has 0 saturated heterocycles. The van der Waals surface area contributed by atoms with Gasteiger partial charge in [0.2, 0.25) is 0 Å². The maximum atomic E-state index is 10.9. The second-order valence-corrected chi connectivity index (χ2v) is 3.99. The average Bonchev–Trinajstić information content (AvgIpc) is 2.28. The molecule has 1 aromatic carbocycles. The number of anilines is 1. The van der Waals surface area contributed by atoms with Gasteiger partial charge in [0.15, 0.2) is 0 Å². The minimum atomic E-state index is -0.561. The van der Waals surface area contributed by atoms with Crippen molar-refractivity contribution in [2.75, 3.05) is 11.9 Å². The maximum Gasteiger partial charge on any atom is 0.144 e. The van der Waals surface area contributed by atoms with E-state index >= 15 is 0 Å². The van der Waals surface area contributed by atoms with E-state index in [9.17, 15) is 4.79 Å². The van der Waals surface area contributed by atoms with E-state index in [1.165, 1.54) is 0 Å². The summed E-state index contributed by atoms with van der Waals surface area (Å²) in [6.07, 6.45) is 0.895. The fraction of sp³-hybridized carbons (Fsp3) is 0.333. The molecular formula is C12H14N2O. The van der Waals surface area contributed by atoms with Crippen LogP contribution in [-0.4, -0.2) is 18.9 Å². The fourth-order valence-corrected chi connectivity index (χ4v) is 1.20. The molecule has 0 fully saturated rings. The highest BCUT2D eigenvalue weighted by molar-refractivity contribution is 5.71. The Morgan fingerprint density at radius 1 is 1.47 bits per heavy atom. The van der Waals surface area contributed by atoms with E-state index in [0.717, 1.165) is 12.0 Å². The first-order valence-corrected chi connectivity index (χ1v) is 4.71. The minimum Gasteiger partial charge on any atom is -0.363 e. The molecule has 0 spiro atoms. The molecule has 0 amide bonds. The van der Waals surface area contributed by atoms with Crippen molar-refractivity contribution in [3.05, 3.63) is 29.8 Å². The van der Waals surface area contributed by atoms with Gasteiger partial charge in [-0.1, -0.05) is 6.07 Å². The number of nitrogens with zero attached hydrogens (tertiary/aromatic N) is 2. The van der Waals surface area contributed by atoms with Gasteiger partial charge in [0.05, 0.1) is 17.2 Å². The molecule has 0 atom stereocenters. The molecule has 0 saturated carbocycles. The Balaban J connectivity index is 3.07. The third-order valence-corrected chi connectivity index (χ3v) is 2.52. The number of likely N-dealkylation sites (N-methyl/N-ethyl adjacent to an activating group) is 1. The van der Waals surface area contributed by atoms with Gasteiger partial charge in [-0.3, -0.25) is 0 Å². The van der Waals surface area contributed by atoms with Crippen LogP contribution >= 0.6 is 0 Å². The highest BCUT2D eigenvalue weighted by Crippen LogP contribution is 2.21. The van der Waals surface area contributed by atoms with Crippen LogP contribution in [0.25, 0.3) is 0 Å². The molecule has 0 bridgehead atoms. The van der Waals surface area contributed by atoms with Crippen molar-refractivity contribution in [2.45, 2.75) is 19.4 Å². The third kappa shape index (κ3) is 2.35. The van der Waals surface area contributed by atoms with Crippen molar-refractivity contribution >= 4 is 12.0 Å². The molecule has 1 aromatic rings. The summed E-state index contributed by atoms with van der Waals surface area (Å²) in [4.78, 5) is 12.7. The van der Waals surface area contributed by atoms with Crippen LogP contribution in [-0.2, 0) is 4.79 Å². The lowest BCUT2D eigenvalue weighted by Gasteiger charge is -2.32. The quantitative estimate of drug-likeness (QED) is 0.704. The lowest BCUT2D eigenvalue weighted by Crippen LogP contribution is -2.42. The number of rotatable bonds is 3. The molecule has 0 aliphatic heterocycles. The summed E-state index contributed by atoms with van der Waals surface area (Å²) >= 11 is 0. The molecule has 0 aromatic heterocycles. The Morgan fingerprint density at radius 3 is 2.67 bits per heavy atom. The second-order valence-electron chi connectivity index (χ2n) is 3.99. The molecule has 1 rings (SSSR count). The molecule has 78 valence electrons. The number of benzene rings is 1. The number of hydrogen-bond acceptors (Lipinski definition) is 3. The van der Waals surface area contributed by atoms with Crippen LogP contribution in [0.4, 0.5) is 5.69 Å². The average molecular weight is 202 g/mol. The van der Waals surface area contributed by atoms with Gasteiger partial charge in [-0.25, -0.2) is 0 Å². The highest BCUT2D eigenvalue weighted by atomic mass is 16.1. The monoisotopic (exact) mass is 202 g/mol. The first-order chi connectivity index (χ1) is 7.01. The van der Waals surface area contributed by atoms with Gasteiger partial charge in [0.1, 0.15) is 6.29 Å². The third-order valence-electron chi connectivity index (χ3n) is 2.52. The molecule has 3 heteroatoms. The number of carbonyl (C=O) groups is 1. The summed E-state index contributed by atoms with van der Waals surface area (Å²) in [5, 5.41) is 8.77. The summed E-state index contributed by atoms with van der Waals surface area (Å²) < 4.78 is 0. The molecule has 0 N–H and O–H groups in total. The van der Waals surface area contributed by atoms with Crippen LogP contribution < -0.4 is 4.90 Å². The van der Waals surface area contributed by atoms with E-state index in [-0.39, 0.29) is 0 Å². The molecular weight excluding hydrogens is 188 g/mol. The molecule has 0 aliphatic rings. The molecule has 0 aliphatic carbocycles. The zero-order chi connectivity index (χ0) is 11.5. The normalized spacial score (nSPS) is 10.5. The van der Waals surface area contributed by atoms with Crippen LogP contribution in [0.1, 0.15) is 19.4 Å². The summed E-state index contributed by atoms with van der Waals surface area (Å²) in [7, 11) is 1.84. The largest absolute Gasteiger partial charge is 0.363 e. The zero-order valence-electron chi connectivity index (χ0n) is 9.19. The van der Waals surface area contributed by atoms with Crippen LogP contribution in [0.2, 0.25) is 0 Å². The molecule has 0 heterocycles. The van der Waals surface area contributed by atoms with Gasteiger partial charge in [0.25, 0.3) is 0 Å². The first kappa shape index (κ1) is 11.3. The van der Waals surface area contributed by atoms with Gasteiger partial charge < -0.3 is 9.69 Å². The van der Waals surface area contributed by atoms with E-state index in [1.54, 1.807) is 12.1 Å². The van der Waals surface area contributed by atoms with Gasteiger partial charge in [0, 0.05) is 12.7 Å². The zero-order valence-corrected chi connectivity index (χ0v) is 9.19. The van der Waals surface area contributed by atoms with Crippen molar-refractivity contribution in [3.63, 3.8) is 0 Å². The smallest absolute Gasteiger partial charge is 0.144 e. The lowest BCUT2D eigenvalue weighted by atomic mass is 10.0. The Bertz CT molecular complexity index is 404. The molecule has 0 unspecified atom stereocenters. The van der Waals surface area contributed by atoms with E-state index in [4.69, 9.17) is 5.26 Å². The number of carbonyl (C=O) groups excluding carboxylic acids is 1. The fourth-order valence-electron chi connectivity index (χ4n) is 1.20. The van der Waals surface area contributed by atoms with Gasteiger partial charge in [-0.2, -0.15) is 5.26 Å². The van der Waals surface area contributed by atoms with E-state index in [0.29, 0.717) is 5.56 Å². The van der Waals surface area contributed by atoms with Gasteiger partial charge in [-0.15, -0.1) is 0 Å². The number of aldehydes is 1.